The number of carbonyl (C=O) groups is 1. The van der Waals surface area contributed by atoms with Gasteiger partial charge in [0.05, 0.1) is 12.5 Å². The quantitative estimate of drug-likeness (QED) is 0.903. The summed E-state index contributed by atoms with van der Waals surface area (Å²) in [5.41, 5.74) is 2.14. The summed E-state index contributed by atoms with van der Waals surface area (Å²) in [6.07, 6.45) is 1.70. The van der Waals surface area contributed by atoms with Crippen LogP contribution < -0.4 is 10.2 Å². The lowest BCUT2D eigenvalue weighted by atomic mass is 9.85. The second kappa shape index (κ2) is 7.25. The number of fused-ring (bicyclic) bond motifs is 1. The highest BCUT2D eigenvalue weighted by atomic mass is 16.5. The van der Waals surface area contributed by atoms with E-state index in [2.05, 4.69) is 40.3 Å². The highest BCUT2D eigenvalue weighted by molar-refractivity contribution is 5.86. The summed E-state index contributed by atoms with van der Waals surface area (Å²) >= 11 is 0. The van der Waals surface area contributed by atoms with Crippen LogP contribution >= 0.6 is 0 Å². The topological polar surface area (TPSA) is 71.3 Å². The Hall–Kier alpha value is -2.37. The van der Waals surface area contributed by atoms with E-state index >= 15 is 0 Å². The fourth-order valence-corrected chi connectivity index (χ4v) is 3.36. The van der Waals surface area contributed by atoms with Gasteiger partial charge in [-0.2, -0.15) is 4.98 Å². The molecule has 0 bridgehead atoms. The van der Waals surface area contributed by atoms with Crippen molar-refractivity contribution in [2.24, 2.45) is 0 Å². The number of amides is 1. The van der Waals surface area contributed by atoms with Crippen molar-refractivity contribution < 1.29 is 9.32 Å². The van der Waals surface area contributed by atoms with Crippen molar-refractivity contribution in [2.45, 2.75) is 65.1 Å². The van der Waals surface area contributed by atoms with E-state index in [1.54, 1.807) is 0 Å². The smallest absolute Gasteiger partial charge is 0.246 e. The summed E-state index contributed by atoms with van der Waals surface area (Å²) in [6, 6.07) is 8.51. The molecule has 2 aromatic rings. The molecule has 1 aromatic carbocycles. The molecule has 0 unspecified atom stereocenters. The largest absolute Gasteiger partial charge is 0.359 e. The van der Waals surface area contributed by atoms with E-state index in [9.17, 15) is 4.79 Å². The summed E-state index contributed by atoms with van der Waals surface area (Å²) in [6.45, 7) is 8.63. The van der Waals surface area contributed by atoms with Gasteiger partial charge in [-0.25, -0.2) is 0 Å². The molecule has 6 heteroatoms. The zero-order chi connectivity index (χ0) is 18.0. The van der Waals surface area contributed by atoms with Crippen LogP contribution in [0.4, 0.5) is 5.69 Å². The van der Waals surface area contributed by atoms with E-state index in [0.717, 1.165) is 24.1 Å². The molecule has 25 heavy (non-hydrogen) atoms. The van der Waals surface area contributed by atoms with Gasteiger partial charge in [-0.1, -0.05) is 30.3 Å². The predicted molar refractivity (Wildman–Crippen MR) is 96.4 cm³/mol. The standard InChI is InChI=1S/C19H26N4O2/c1-5-12(2)20-19(24)16-10-13(3)23(11-18-21-14(4)22-25-18)17-9-7-6-8-15(16)17/h6-9,12-13,16H,5,10-11H2,1-4H3,(H,20,24)/t12-,13+,16+/m0/s1. The van der Waals surface area contributed by atoms with Gasteiger partial charge in [-0.05, 0) is 45.2 Å². The molecule has 0 fully saturated rings. The van der Waals surface area contributed by atoms with Crippen molar-refractivity contribution in [2.75, 3.05) is 4.90 Å². The first-order valence-corrected chi connectivity index (χ1v) is 8.94. The van der Waals surface area contributed by atoms with Gasteiger partial charge in [0.1, 0.15) is 0 Å². The Morgan fingerprint density at radius 1 is 1.44 bits per heavy atom. The Balaban J connectivity index is 1.88. The Morgan fingerprint density at radius 3 is 2.88 bits per heavy atom. The van der Waals surface area contributed by atoms with Crippen molar-refractivity contribution in [3.8, 4) is 0 Å². The molecule has 3 atom stereocenters. The van der Waals surface area contributed by atoms with Gasteiger partial charge in [-0.15, -0.1) is 0 Å². The molecule has 1 amide bonds. The zero-order valence-corrected chi connectivity index (χ0v) is 15.3. The Morgan fingerprint density at radius 2 is 2.20 bits per heavy atom. The minimum atomic E-state index is -0.124. The monoisotopic (exact) mass is 342 g/mol. The maximum atomic E-state index is 12.8. The highest BCUT2D eigenvalue weighted by Crippen LogP contribution is 2.39. The Bertz CT molecular complexity index is 743. The molecule has 1 aliphatic rings. The number of carbonyl (C=O) groups excluding carboxylic acids is 1. The molecule has 6 nitrogen and oxygen atoms in total. The zero-order valence-electron chi connectivity index (χ0n) is 15.3. The van der Waals surface area contributed by atoms with Crippen molar-refractivity contribution in [1.29, 1.82) is 0 Å². The molecule has 2 heterocycles. The van der Waals surface area contributed by atoms with Gasteiger partial charge >= 0.3 is 0 Å². The number of nitrogens with zero attached hydrogens (tertiary/aromatic N) is 3. The molecule has 1 aromatic heterocycles. The number of hydrogen-bond donors (Lipinski definition) is 1. The van der Waals surface area contributed by atoms with E-state index in [-0.39, 0.29) is 23.9 Å². The van der Waals surface area contributed by atoms with Crippen LogP contribution in [-0.2, 0) is 11.3 Å². The average Bonchev–Trinajstić information content (AvgIpc) is 3.02. The molecule has 1 aliphatic heterocycles. The van der Waals surface area contributed by atoms with Gasteiger partial charge in [0.2, 0.25) is 11.8 Å². The van der Waals surface area contributed by atoms with Crippen LogP contribution in [0.1, 0.15) is 56.8 Å². The van der Waals surface area contributed by atoms with E-state index in [0.29, 0.717) is 18.3 Å². The molecule has 0 saturated carbocycles. The second-order valence-electron chi connectivity index (χ2n) is 6.88. The number of anilines is 1. The third-order valence-electron chi connectivity index (χ3n) is 4.92. The minimum Gasteiger partial charge on any atom is -0.359 e. The van der Waals surface area contributed by atoms with Crippen molar-refractivity contribution in [3.05, 3.63) is 41.5 Å². The lowest BCUT2D eigenvalue weighted by molar-refractivity contribution is -0.123. The van der Waals surface area contributed by atoms with Crippen molar-refractivity contribution in [1.82, 2.24) is 15.5 Å². The van der Waals surface area contributed by atoms with Crippen LogP contribution in [0, 0.1) is 6.92 Å². The average molecular weight is 342 g/mol. The number of aromatic nitrogens is 2. The van der Waals surface area contributed by atoms with Gasteiger partial charge in [0, 0.05) is 17.8 Å². The first-order chi connectivity index (χ1) is 12.0. The molecule has 0 spiro atoms. The van der Waals surface area contributed by atoms with Crippen LogP contribution in [0.15, 0.2) is 28.8 Å². The van der Waals surface area contributed by atoms with E-state index in [1.807, 2.05) is 32.0 Å². The van der Waals surface area contributed by atoms with Crippen molar-refractivity contribution in [3.63, 3.8) is 0 Å². The number of benzene rings is 1. The lowest BCUT2D eigenvalue weighted by Crippen LogP contribution is -2.44. The Kier molecular flexibility index (Phi) is 5.06. The fourth-order valence-electron chi connectivity index (χ4n) is 3.36. The molecule has 0 saturated heterocycles. The summed E-state index contributed by atoms with van der Waals surface area (Å²) in [4.78, 5) is 19.3. The lowest BCUT2D eigenvalue weighted by Gasteiger charge is -2.39. The molecule has 3 rings (SSSR count). The van der Waals surface area contributed by atoms with Crippen molar-refractivity contribution >= 4 is 11.6 Å². The summed E-state index contributed by atoms with van der Waals surface area (Å²) in [5, 5.41) is 7.00. The Labute approximate surface area is 148 Å². The van der Waals surface area contributed by atoms with E-state index in [4.69, 9.17) is 4.52 Å². The van der Waals surface area contributed by atoms with Gasteiger partial charge in [0.25, 0.3) is 0 Å². The molecule has 1 N–H and O–H groups in total. The highest BCUT2D eigenvalue weighted by Gasteiger charge is 2.34. The first-order valence-electron chi connectivity index (χ1n) is 8.94. The van der Waals surface area contributed by atoms with Gasteiger partial charge < -0.3 is 14.7 Å². The first kappa shape index (κ1) is 17.5. The number of hydrogen-bond acceptors (Lipinski definition) is 5. The number of rotatable bonds is 5. The second-order valence-corrected chi connectivity index (χ2v) is 6.88. The molecule has 0 radical (unpaired) electrons. The van der Waals surface area contributed by atoms with Crippen LogP contribution in [0.2, 0.25) is 0 Å². The summed E-state index contributed by atoms with van der Waals surface area (Å²) in [7, 11) is 0. The van der Waals surface area contributed by atoms with Gasteiger partial charge in [0.15, 0.2) is 5.82 Å². The van der Waals surface area contributed by atoms with Crippen LogP contribution in [0.5, 0.6) is 0 Å². The van der Waals surface area contributed by atoms with Gasteiger partial charge in [-0.3, -0.25) is 4.79 Å². The van der Waals surface area contributed by atoms with E-state index in [1.165, 1.54) is 0 Å². The maximum Gasteiger partial charge on any atom is 0.246 e. The molecule has 134 valence electrons. The van der Waals surface area contributed by atoms with Crippen LogP contribution in [-0.4, -0.2) is 28.1 Å². The molecule has 0 aliphatic carbocycles. The van der Waals surface area contributed by atoms with Crippen LogP contribution in [0.25, 0.3) is 0 Å². The third-order valence-corrected chi connectivity index (χ3v) is 4.92. The summed E-state index contributed by atoms with van der Waals surface area (Å²) < 4.78 is 5.29. The van der Waals surface area contributed by atoms with E-state index < -0.39 is 0 Å². The third kappa shape index (κ3) is 3.67. The number of para-hydroxylation sites is 1. The number of nitrogens with one attached hydrogen (secondary N) is 1. The normalized spacial score (nSPS) is 20.9. The molecular formula is C19H26N4O2. The fraction of sp³-hybridized carbons (Fsp3) is 0.526. The predicted octanol–water partition coefficient (Wildman–Crippen LogP) is 3.18. The number of aryl methyl sites for hydroxylation is 1. The maximum absolute atomic E-state index is 12.8. The minimum absolute atomic E-state index is 0.113. The SMILES string of the molecule is CC[C@H](C)NC(=O)[C@@H]1C[C@@H](C)N(Cc2nc(C)no2)c2ccccc21. The van der Waals surface area contributed by atoms with Crippen LogP contribution in [0.3, 0.4) is 0 Å². The summed E-state index contributed by atoms with van der Waals surface area (Å²) in [5.74, 6) is 1.23. The molecular weight excluding hydrogens is 316 g/mol.